The number of hydrogen-bond donors (Lipinski definition) is 1. The Morgan fingerprint density at radius 1 is 1.14 bits per heavy atom. The number of amides is 1. The van der Waals surface area contributed by atoms with Gasteiger partial charge in [0.25, 0.3) is 5.91 Å². The van der Waals surface area contributed by atoms with E-state index in [-0.39, 0.29) is 10.8 Å². The first-order valence-electron chi connectivity index (χ1n) is 9.83. The Bertz CT molecular complexity index is 961. The second kappa shape index (κ2) is 8.45. The Labute approximate surface area is 167 Å². The number of nitrogens with zero attached hydrogens (tertiary/aromatic N) is 1. The molecule has 2 aromatic carbocycles. The standard InChI is InChI=1S/C22H28N2O3S/c1-4-18-7-5-6-8-21(18)23-22(25)20-15-19(10-9-17(20)3)28(26,27)24-13-11-16(2)12-14-24/h5-10,15-16H,4,11-14H2,1-3H3,(H,23,25). The topological polar surface area (TPSA) is 66.5 Å². The van der Waals surface area contributed by atoms with Gasteiger partial charge >= 0.3 is 0 Å². The van der Waals surface area contributed by atoms with Crippen molar-refractivity contribution in [3.05, 3.63) is 59.2 Å². The molecule has 1 aliphatic heterocycles. The molecule has 28 heavy (non-hydrogen) atoms. The molecule has 0 atom stereocenters. The Morgan fingerprint density at radius 2 is 1.82 bits per heavy atom. The molecule has 1 aliphatic rings. The molecule has 3 rings (SSSR count). The van der Waals surface area contributed by atoms with Crippen LogP contribution in [0.1, 0.15) is 48.2 Å². The normalized spacial score (nSPS) is 16.1. The van der Waals surface area contributed by atoms with E-state index in [4.69, 9.17) is 0 Å². The zero-order valence-corrected chi connectivity index (χ0v) is 17.6. The lowest BCUT2D eigenvalue weighted by Crippen LogP contribution is -2.38. The van der Waals surface area contributed by atoms with Gasteiger partial charge in [0.15, 0.2) is 0 Å². The third kappa shape index (κ3) is 4.28. The van der Waals surface area contributed by atoms with Crippen LogP contribution >= 0.6 is 0 Å². The van der Waals surface area contributed by atoms with Gasteiger partial charge in [-0.25, -0.2) is 8.42 Å². The molecule has 1 saturated heterocycles. The fraction of sp³-hybridized carbons (Fsp3) is 0.409. The fourth-order valence-corrected chi connectivity index (χ4v) is 5.02. The van der Waals surface area contributed by atoms with E-state index >= 15 is 0 Å². The highest BCUT2D eigenvalue weighted by Gasteiger charge is 2.29. The minimum Gasteiger partial charge on any atom is -0.322 e. The van der Waals surface area contributed by atoms with Crippen LogP contribution in [0.2, 0.25) is 0 Å². The average Bonchev–Trinajstić information content (AvgIpc) is 2.68. The van der Waals surface area contributed by atoms with Crippen molar-refractivity contribution in [1.29, 1.82) is 0 Å². The van der Waals surface area contributed by atoms with Crippen LogP contribution in [-0.4, -0.2) is 31.7 Å². The van der Waals surface area contributed by atoms with Crippen LogP contribution in [0, 0.1) is 12.8 Å². The predicted octanol–water partition coefficient (Wildman–Crippen LogP) is 4.23. The summed E-state index contributed by atoms with van der Waals surface area (Å²) in [5.74, 6) is 0.257. The quantitative estimate of drug-likeness (QED) is 0.817. The van der Waals surface area contributed by atoms with Crippen molar-refractivity contribution in [2.45, 2.75) is 44.9 Å². The Kier molecular flexibility index (Phi) is 6.20. The van der Waals surface area contributed by atoms with E-state index in [2.05, 4.69) is 12.2 Å². The molecule has 0 aliphatic carbocycles. The van der Waals surface area contributed by atoms with Crippen LogP contribution in [0.25, 0.3) is 0 Å². The van der Waals surface area contributed by atoms with Crippen molar-refractivity contribution in [2.24, 2.45) is 5.92 Å². The molecule has 0 aromatic heterocycles. The molecule has 0 unspecified atom stereocenters. The van der Waals surface area contributed by atoms with Crippen molar-refractivity contribution in [3.63, 3.8) is 0 Å². The third-order valence-corrected chi connectivity index (χ3v) is 7.38. The Morgan fingerprint density at radius 3 is 2.50 bits per heavy atom. The number of nitrogens with one attached hydrogen (secondary N) is 1. The lowest BCUT2D eigenvalue weighted by Gasteiger charge is -2.29. The highest BCUT2D eigenvalue weighted by molar-refractivity contribution is 7.89. The van der Waals surface area contributed by atoms with Crippen LogP contribution in [0.5, 0.6) is 0 Å². The number of carbonyl (C=O) groups is 1. The van der Waals surface area contributed by atoms with E-state index in [9.17, 15) is 13.2 Å². The predicted molar refractivity (Wildman–Crippen MR) is 112 cm³/mol. The van der Waals surface area contributed by atoms with Crippen molar-refractivity contribution >= 4 is 21.6 Å². The summed E-state index contributed by atoms with van der Waals surface area (Å²) in [6.07, 6.45) is 2.54. The van der Waals surface area contributed by atoms with Crippen LogP contribution in [0.3, 0.4) is 0 Å². The van der Waals surface area contributed by atoms with E-state index in [1.54, 1.807) is 12.1 Å². The highest BCUT2D eigenvalue weighted by atomic mass is 32.2. The molecule has 1 N–H and O–H groups in total. The van der Waals surface area contributed by atoms with Crippen LogP contribution in [0.15, 0.2) is 47.4 Å². The zero-order valence-electron chi connectivity index (χ0n) is 16.7. The van der Waals surface area contributed by atoms with Gasteiger partial charge in [-0.05, 0) is 61.4 Å². The minimum absolute atomic E-state index is 0.182. The molecule has 1 amide bonds. The molecule has 1 heterocycles. The van der Waals surface area contributed by atoms with E-state index in [0.717, 1.165) is 36.1 Å². The van der Waals surface area contributed by atoms with Gasteiger partial charge in [-0.15, -0.1) is 0 Å². The fourth-order valence-electron chi connectivity index (χ4n) is 3.52. The average molecular weight is 401 g/mol. The summed E-state index contributed by atoms with van der Waals surface area (Å²) in [7, 11) is -3.59. The number of carbonyl (C=O) groups excluding carboxylic acids is 1. The molecule has 0 saturated carbocycles. The first-order chi connectivity index (χ1) is 13.3. The second-order valence-corrected chi connectivity index (χ2v) is 9.47. The van der Waals surface area contributed by atoms with Gasteiger partial charge in [-0.3, -0.25) is 4.79 Å². The lowest BCUT2D eigenvalue weighted by atomic mass is 10.0. The van der Waals surface area contributed by atoms with Gasteiger partial charge < -0.3 is 5.32 Å². The molecule has 2 aromatic rings. The van der Waals surface area contributed by atoms with Crippen LogP contribution in [0.4, 0.5) is 5.69 Å². The van der Waals surface area contributed by atoms with E-state index < -0.39 is 10.0 Å². The summed E-state index contributed by atoms with van der Waals surface area (Å²) >= 11 is 0. The molecule has 150 valence electrons. The van der Waals surface area contributed by atoms with Crippen molar-refractivity contribution in [2.75, 3.05) is 18.4 Å². The molecule has 0 spiro atoms. The van der Waals surface area contributed by atoms with Gasteiger partial charge in [0.2, 0.25) is 10.0 Å². The number of benzene rings is 2. The van der Waals surface area contributed by atoms with Crippen LogP contribution < -0.4 is 5.32 Å². The second-order valence-electron chi connectivity index (χ2n) is 7.53. The summed E-state index contributed by atoms with van der Waals surface area (Å²) in [4.78, 5) is 13.1. The van der Waals surface area contributed by atoms with Gasteiger partial charge in [-0.2, -0.15) is 4.31 Å². The monoisotopic (exact) mass is 400 g/mol. The maximum absolute atomic E-state index is 13.0. The Hall–Kier alpha value is -2.18. The number of aryl methyl sites for hydroxylation is 2. The summed E-state index contributed by atoms with van der Waals surface area (Å²) in [6.45, 7) is 7.06. The number of sulfonamides is 1. The SMILES string of the molecule is CCc1ccccc1NC(=O)c1cc(S(=O)(=O)N2CCC(C)CC2)ccc1C. The first-order valence-corrected chi connectivity index (χ1v) is 11.3. The van der Waals surface area contributed by atoms with E-state index in [1.807, 2.05) is 38.1 Å². The molecule has 5 nitrogen and oxygen atoms in total. The number of hydrogen-bond acceptors (Lipinski definition) is 3. The molecule has 6 heteroatoms. The third-order valence-electron chi connectivity index (χ3n) is 5.48. The van der Waals surface area contributed by atoms with Gasteiger partial charge in [0.05, 0.1) is 4.90 Å². The van der Waals surface area contributed by atoms with Crippen LogP contribution in [-0.2, 0) is 16.4 Å². The van der Waals surface area contributed by atoms with Gasteiger partial charge in [-0.1, -0.05) is 38.1 Å². The molecule has 1 fully saturated rings. The minimum atomic E-state index is -3.59. The molecule has 0 bridgehead atoms. The highest BCUT2D eigenvalue weighted by Crippen LogP contribution is 2.25. The number of piperidine rings is 1. The largest absolute Gasteiger partial charge is 0.322 e. The van der Waals surface area contributed by atoms with Gasteiger partial charge in [0.1, 0.15) is 0 Å². The summed E-state index contributed by atoms with van der Waals surface area (Å²) in [5.41, 5.74) is 2.93. The van der Waals surface area contributed by atoms with Crippen molar-refractivity contribution in [1.82, 2.24) is 4.31 Å². The van der Waals surface area contributed by atoms with Gasteiger partial charge in [0, 0.05) is 24.3 Å². The van der Waals surface area contributed by atoms with Crippen molar-refractivity contribution < 1.29 is 13.2 Å². The summed E-state index contributed by atoms with van der Waals surface area (Å²) in [5, 5.41) is 2.94. The van der Waals surface area contributed by atoms with E-state index in [0.29, 0.717) is 24.6 Å². The first kappa shape index (κ1) is 20.6. The maximum atomic E-state index is 13.0. The Balaban J connectivity index is 1.88. The summed E-state index contributed by atoms with van der Waals surface area (Å²) in [6, 6.07) is 12.5. The molecule has 0 radical (unpaired) electrons. The lowest BCUT2D eigenvalue weighted by molar-refractivity contribution is 0.102. The number of para-hydroxylation sites is 1. The van der Waals surface area contributed by atoms with Crippen molar-refractivity contribution in [3.8, 4) is 0 Å². The maximum Gasteiger partial charge on any atom is 0.255 e. The van der Waals surface area contributed by atoms with E-state index in [1.165, 1.54) is 10.4 Å². The summed E-state index contributed by atoms with van der Waals surface area (Å²) < 4.78 is 27.6. The number of anilines is 1. The number of rotatable bonds is 5. The molecular formula is C22H28N2O3S. The smallest absolute Gasteiger partial charge is 0.255 e. The zero-order chi connectivity index (χ0) is 20.3. The molecular weight excluding hydrogens is 372 g/mol.